The van der Waals surface area contributed by atoms with Gasteiger partial charge in [-0.05, 0) is 43.4 Å². The second kappa shape index (κ2) is 5.32. The number of nitrogens with two attached hydrogens (primary N) is 1. The summed E-state index contributed by atoms with van der Waals surface area (Å²) in [6, 6.07) is 5.13. The maximum Gasteiger partial charge on any atom is 0.0328 e. The third-order valence-corrected chi connectivity index (χ3v) is 5.28. The first-order valence-corrected chi connectivity index (χ1v) is 7.73. The third-order valence-electron chi connectivity index (χ3n) is 3.78. The zero-order chi connectivity index (χ0) is 13.3. The minimum Gasteiger partial charge on any atom is -0.329 e. The Morgan fingerprint density at radius 1 is 1.39 bits per heavy atom. The number of hydrogen-bond donors (Lipinski definition) is 1. The molecule has 0 radical (unpaired) electrons. The fourth-order valence-electron chi connectivity index (χ4n) is 2.44. The molecule has 0 aliphatic heterocycles. The maximum atomic E-state index is 5.90. The Balaban J connectivity index is 1.98. The molecule has 1 unspecified atom stereocenters. The normalized spacial score (nSPS) is 18.3. The Morgan fingerprint density at radius 3 is 2.50 bits per heavy atom. The van der Waals surface area contributed by atoms with Crippen molar-refractivity contribution in [1.29, 1.82) is 0 Å². The summed E-state index contributed by atoms with van der Waals surface area (Å²) in [6.45, 7) is 8.66. The second-order valence-electron chi connectivity index (χ2n) is 6.57. The lowest BCUT2D eigenvalue weighted by Gasteiger charge is -2.26. The van der Waals surface area contributed by atoms with E-state index in [1.165, 1.54) is 22.6 Å². The van der Waals surface area contributed by atoms with E-state index in [1.807, 2.05) is 11.3 Å². The van der Waals surface area contributed by atoms with Crippen LogP contribution in [-0.4, -0.2) is 24.5 Å². The number of likely N-dealkylation sites (N-methyl/N-ethyl adjacent to an activating group) is 1. The largest absolute Gasteiger partial charge is 0.329 e. The van der Waals surface area contributed by atoms with Gasteiger partial charge in [0.05, 0.1) is 0 Å². The molecule has 1 aromatic rings. The maximum absolute atomic E-state index is 5.90. The molecule has 0 bridgehead atoms. The Morgan fingerprint density at radius 2 is 2.06 bits per heavy atom. The van der Waals surface area contributed by atoms with Crippen molar-refractivity contribution in [1.82, 2.24) is 4.90 Å². The van der Waals surface area contributed by atoms with Gasteiger partial charge in [-0.3, -0.25) is 4.90 Å². The first kappa shape index (κ1) is 14.0. The van der Waals surface area contributed by atoms with Crippen molar-refractivity contribution < 1.29 is 0 Å². The van der Waals surface area contributed by atoms with Gasteiger partial charge in [0.15, 0.2) is 0 Å². The zero-order valence-corrected chi connectivity index (χ0v) is 12.9. The standard InChI is InChI=1S/C15H26N2S/c1-15(2,3)14-8-7-12(18-14)10-17(4)13(9-16)11-5-6-11/h7-8,11,13H,5-6,9-10,16H2,1-4H3. The van der Waals surface area contributed by atoms with Gasteiger partial charge >= 0.3 is 0 Å². The van der Waals surface area contributed by atoms with Crippen LogP contribution in [0.5, 0.6) is 0 Å². The Bertz CT molecular complexity index is 387. The fourth-order valence-corrected chi connectivity index (χ4v) is 3.57. The van der Waals surface area contributed by atoms with Crippen molar-refractivity contribution in [3.05, 3.63) is 21.9 Å². The summed E-state index contributed by atoms with van der Waals surface area (Å²) in [5.74, 6) is 0.849. The monoisotopic (exact) mass is 266 g/mol. The molecule has 1 aliphatic rings. The first-order chi connectivity index (χ1) is 8.41. The predicted octanol–water partition coefficient (Wildman–Crippen LogP) is 3.21. The highest BCUT2D eigenvalue weighted by Gasteiger charge is 2.32. The lowest BCUT2D eigenvalue weighted by Crippen LogP contribution is -2.38. The van der Waals surface area contributed by atoms with E-state index in [4.69, 9.17) is 5.73 Å². The summed E-state index contributed by atoms with van der Waals surface area (Å²) in [7, 11) is 2.21. The van der Waals surface area contributed by atoms with Crippen LogP contribution < -0.4 is 5.73 Å². The van der Waals surface area contributed by atoms with Gasteiger partial charge in [-0.2, -0.15) is 0 Å². The molecule has 1 aliphatic carbocycles. The van der Waals surface area contributed by atoms with Crippen LogP contribution in [0.2, 0.25) is 0 Å². The third kappa shape index (κ3) is 3.34. The summed E-state index contributed by atoms with van der Waals surface area (Å²) in [4.78, 5) is 5.37. The van der Waals surface area contributed by atoms with Crippen molar-refractivity contribution in [2.24, 2.45) is 11.7 Å². The molecule has 2 rings (SSSR count). The van der Waals surface area contributed by atoms with Crippen molar-refractivity contribution >= 4 is 11.3 Å². The van der Waals surface area contributed by atoms with Gasteiger partial charge in [0.2, 0.25) is 0 Å². The molecule has 18 heavy (non-hydrogen) atoms. The molecule has 3 heteroatoms. The fraction of sp³-hybridized carbons (Fsp3) is 0.733. The van der Waals surface area contributed by atoms with E-state index in [-0.39, 0.29) is 5.41 Å². The van der Waals surface area contributed by atoms with Crippen LogP contribution >= 0.6 is 11.3 Å². The van der Waals surface area contributed by atoms with Crippen LogP contribution in [0, 0.1) is 5.92 Å². The van der Waals surface area contributed by atoms with E-state index >= 15 is 0 Å². The number of thiophene rings is 1. The van der Waals surface area contributed by atoms with Crippen molar-refractivity contribution in [3.8, 4) is 0 Å². The van der Waals surface area contributed by atoms with Crippen LogP contribution in [0.3, 0.4) is 0 Å². The molecule has 0 amide bonds. The van der Waals surface area contributed by atoms with Crippen LogP contribution in [0.4, 0.5) is 0 Å². The van der Waals surface area contributed by atoms with Crippen molar-refractivity contribution in [2.45, 2.75) is 51.6 Å². The molecule has 1 saturated carbocycles. The van der Waals surface area contributed by atoms with Gasteiger partial charge in [-0.25, -0.2) is 0 Å². The molecule has 2 nitrogen and oxygen atoms in total. The van der Waals surface area contributed by atoms with E-state index in [1.54, 1.807) is 0 Å². The summed E-state index contributed by atoms with van der Waals surface area (Å²) < 4.78 is 0. The molecule has 1 aromatic heterocycles. The average Bonchev–Trinajstić information content (AvgIpc) is 2.97. The Hall–Kier alpha value is -0.380. The van der Waals surface area contributed by atoms with E-state index in [0.717, 1.165) is 19.0 Å². The topological polar surface area (TPSA) is 29.3 Å². The van der Waals surface area contributed by atoms with Gasteiger partial charge in [0, 0.05) is 28.9 Å². The van der Waals surface area contributed by atoms with E-state index < -0.39 is 0 Å². The molecule has 0 aromatic carbocycles. The van der Waals surface area contributed by atoms with Gasteiger partial charge in [-0.1, -0.05) is 20.8 Å². The van der Waals surface area contributed by atoms with Gasteiger partial charge in [-0.15, -0.1) is 11.3 Å². The van der Waals surface area contributed by atoms with Crippen LogP contribution in [0.1, 0.15) is 43.4 Å². The summed E-state index contributed by atoms with van der Waals surface area (Å²) in [6.07, 6.45) is 2.73. The second-order valence-corrected chi connectivity index (χ2v) is 7.74. The number of rotatable bonds is 5. The lowest BCUT2D eigenvalue weighted by atomic mass is 9.95. The van der Waals surface area contributed by atoms with Gasteiger partial charge in [0.25, 0.3) is 0 Å². The molecular formula is C15H26N2S. The van der Waals surface area contributed by atoms with Crippen molar-refractivity contribution in [3.63, 3.8) is 0 Å². The molecule has 0 saturated heterocycles. The van der Waals surface area contributed by atoms with Gasteiger partial charge in [0.1, 0.15) is 0 Å². The molecule has 0 spiro atoms. The smallest absolute Gasteiger partial charge is 0.0328 e. The Labute approximate surface area is 115 Å². The molecule has 1 atom stereocenters. The van der Waals surface area contributed by atoms with Gasteiger partial charge < -0.3 is 5.73 Å². The molecule has 1 heterocycles. The molecule has 102 valence electrons. The minimum absolute atomic E-state index is 0.269. The summed E-state index contributed by atoms with van der Waals surface area (Å²) in [5, 5.41) is 0. The quantitative estimate of drug-likeness (QED) is 0.886. The van der Waals surface area contributed by atoms with Crippen LogP contribution in [0.15, 0.2) is 12.1 Å². The van der Waals surface area contributed by atoms with E-state index in [9.17, 15) is 0 Å². The van der Waals surface area contributed by atoms with E-state index in [2.05, 4.69) is 44.9 Å². The highest BCUT2D eigenvalue weighted by molar-refractivity contribution is 7.12. The van der Waals surface area contributed by atoms with E-state index in [0.29, 0.717) is 6.04 Å². The Kier molecular flexibility index (Phi) is 4.15. The summed E-state index contributed by atoms with van der Waals surface area (Å²) >= 11 is 1.95. The minimum atomic E-state index is 0.269. The molecule has 1 fully saturated rings. The number of nitrogens with zero attached hydrogens (tertiary/aromatic N) is 1. The zero-order valence-electron chi connectivity index (χ0n) is 12.1. The SMILES string of the molecule is CN(Cc1ccc(C(C)(C)C)s1)C(CN)C1CC1. The van der Waals surface area contributed by atoms with Crippen LogP contribution in [0.25, 0.3) is 0 Å². The molecule has 2 N–H and O–H groups in total. The highest BCUT2D eigenvalue weighted by atomic mass is 32.1. The summed E-state index contributed by atoms with van der Waals surface area (Å²) in [5.41, 5.74) is 6.17. The molecular weight excluding hydrogens is 240 g/mol. The van der Waals surface area contributed by atoms with Crippen LogP contribution in [-0.2, 0) is 12.0 Å². The predicted molar refractivity (Wildman–Crippen MR) is 80.1 cm³/mol. The first-order valence-electron chi connectivity index (χ1n) is 6.91. The number of hydrogen-bond acceptors (Lipinski definition) is 3. The highest BCUT2D eigenvalue weighted by Crippen LogP contribution is 2.36. The van der Waals surface area contributed by atoms with Crippen molar-refractivity contribution in [2.75, 3.05) is 13.6 Å². The lowest BCUT2D eigenvalue weighted by molar-refractivity contribution is 0.217. The average molecular weight is 266 g/mol.